The number of nitrogens with zero attached hydrogens (tertiary/aromatic N) is 3. The summed E-state index contributed by atoms with van der Waals surface area (Å²) in [5.41, 5.74) is 5.03. The summed E-state index contributed by atoms with van der Waals surface area (Å²) in [5.74, 6) is -0.339. The molecule has 6 nitrogen and oxygen atoms in total. The largest absolute Gasteiger partial charge is 0.369 e. The van der Waals surface area contributed by atoms with E-state index in [9.17, 15) is 4.39 Å². The van der Waals surface area contributed by atoms with Gasteiger partial charge in [-0.25, -0.2) is 9.37 Å². The van der Waals surface area contributed by atoms with E-state index in [4.69, 9.17) is 0 Å². The van der Waals surface area contributed by atoms with E-state index in [0.717, 1.165) is 48.5 Å². The van der Waals surface area contributed by atoms with E-state index in [-0.39, 0.29) is 5.82 Å². The molecule has 4 aromatic rings. The number of hydrogen-bond acceptors (Lipinski definition) is 4. The lowest BCUT2D eigenvalue weighted by Crippen LogP contribution is -2.43. The van der Waals surface area contributed by atoms with Crippen LogP contribution < -0.4 is 15.5 Å². The molecule has 138 valence electrons. The number of nitrogens with one attached hydrogen (secondary N) is 3. The van der Waals surface area contributed by atoms with Crippen molar-refractivity contribution < 1.29 is 4.39 Å². The molecule has 0 atom stereocenters. The number of aromatic nitrogens is 3. The zero-order valence-electron chi connectivity index (χ0n) is 15.1. The van der Waals surface area contributed by atoms with E-state index in [1.807, 2.05) is 25.5 Å². The first-order chi connectivity index (χ1) is 13.2. The first-order valence-corrected chi connectivity index (χ1v) is 9.16. The molecule has 4 heterocycles. The van der Waals surface area contributed by atoms with E-state index < -0.39 is 0 Å². The molecule has 1 aliphatic rings. The van der Waals surface area contributed by atoms with Crippen molar-refractivity contribution in [1.82, 2.24) is 19.7 Å². The van der Waals surface area contributed by atoms with Crippen LogP contribution in [0.15, 0.2) is 42.9 Å². The second-order valence-corrected chi connectivity index (χ2v) is 6.98. The number of halogens is 1. The molecule has 1 aromatic carbocycles. The minimum Gasteiger partial charge on any atom is -0.369 e. The maximum absolute atomic E-state index is 14.3. The second kappa shape index (κ2) is 6.28. The lowest BCUT2D eigenvalue weighted by molar-refractivity contribution is 0.589. The Morgan fingerprint density at radius 2 is 2.00 bits per heavy atom. The third-order valence-corrected chi connectivity index (χ3v) is 5.05. The van der Waals surface area contributed by atoms with Crippen LogP contribution in [-0.2, 0) is 0 Å². The fourth-order valence-electron chi connectivity index (χ4n) is 3.74. The summed E-state index contributed by atoms with van der Waals surface area (Å²) in [5, 5.41) is 7.78. The van der Waals surface area contributed by atoms with E-state index in [2.05, 4.69) is 43.7 Å². The minimum atomic E-state index is -0.339. The number of hydrogen-bond donors (Lipinski definition) is 3. The fraction of sp³-hybridized carbons (Fsp3) is 0.250. The summed E-state index contributed by atoms with van der Waals surface area (Å²) in [6.07, 6.45) is 5.60. The Morgan fingerprint density at radius 3 is 2.85 bits per heavy atom. The Balaban J connectivity index is 1.46. The highest BCUT2D eigenvalue weighted by Crippen LogP contribution is 2.30. The van der Waals surface area contributed by atoms with Crippen molar-refractivity contribution in [3.8, 4) is 0 Å². The summed E-state index contributed by atoms with van der Waals surface area (Å²) in [6, 6.07) is 7.92. The van der Waals surface area contributed by atoms with Gasteiger partial charge in [-0.1, -0.05) is 0 Å². The van der Waals surface area contributed by atoms with Gasteiger partial charge in [0.2, 0.25) is 0 Å². The zero-order valence-corrected chi connectivity index (χ0v) is 15.1. The summed E-state index contributed by atoms with van der Waals surface area (Å²) in [4.78, 5) is 9.91. The molecule has 1 saturated heterocycles. The third kappa shape index (κ3) is 2.90. The highest BCUT2D eigenvalue weighted by Gasteiger charge is 2.13. The number of aryl methyl sites for hydroxylation is 1. The quantitative estimate of drug-likeness (QED) is 0.521. The van der Waals surface area contributed by atoms with Crippen LogP contribution in [0.4, 0.5) is 21.5 Å². The molecule has 0 bridgehead atoms. The number of fused-ring (bicyclic) bond motifs is 2. The molecule has 0 radical (unpaired) electrons. The Bertz CT molecular complexity index is 1120. The number of aromatic amines is 1. The molecule has 0 spiro atoms. The van der Waals surface area contributed by atoms with Gasteiger partial charge in [0.25, 0.3) is 0 Å². The molecular formula is C20H21FN6. The van der Waals surface area contributed by atoms with Crippen LogP contribution in [0.2, 0.25) is 0 Å². The zero-order chi connectivity index (χ0) is 18.4. The van der Waals surface area contributed by atoms with Crippen LogP contribution in [0, 0.1) is 12.7 Å². The SMILES string of the molecule is Cc1cn2cc(Nc3c[nH]c4cc(N5CCNCC5)ccc34)cc(F)c2n1. The summed E-state index contributed by atoms with van der Waals surface area (Å²) < 4.78 is 16.0. The molecule has 3 N–H and O–H groups in total. The van der Waals surface area contributed by atoms with Crippen molar-refractivity contribution in [3.63, 3.8) is 0 Å². The molecule has 7 heteroatoms. The van der Waals surface area contributed by atoms with Gasteiger partial charge < -0.3 is 24.9 Å². The Kier molecular flexibility index (Phi) is 3.75. The number of rotatable bonds is 3. The van der Waals surface area contributed by atoms with Gasteiger partial charge in [0, 0.05) is 67.4 Å². The van der Waals surface area contributed by atoms with E-state index in [1.54, 1.807) is 4.40 Å². The van der Waals surface area contributed by atoms with E-state index in [1.165, 1.54) is 11.8 Å². The normalized spacial score (nSPS) is 15.0. The van der Waals surface area contributed by atoms with Gasteiger partial charge in [-0.15, -0.1) is 0 Å². The highest BCUT2D eigenvalue weighted by atomic mass is 19.1. The average Bonchev–Trinajstić information content (AvgIpc) is 3.25. The van der Waals surface area contributed by atoms with Crippen LogP contribution in [0.1, 0.15) is 5.69 Å². The highest BCUT2D eigenvalue weighted by molar-refractivity contribution is 5.95. The third-order valence-electron chi connectivity index (χ3n) is 5.05. The molecule has 3 aromatic heterocycles. The van der Waals surface area contributed by atoms with Crippen LogP contribution in [0.5, 0.6) is 0 Å². The number of pyridine rings is 1. The molecule has 27 heavy (non-hydrogen) atoms. The van der Waals surface area contributed by atoms with Gasteiger partial charge in [-0.05, 0) is 25.1 Å². The molecule has 1 fully saturated rings. The maximum Gasteiger partial charge on any atom is 0.173 e. The second-order valence-electron chi connectivity index (χ2n) is 6.98. The first-order valence-electron chi connectivity index (χ1n) is 9.16. The lowest BCUT2D eigenvalue weighted by Gasteiger charge is -2.29. The van der Waals surface area contributed by atoms with E-state index >= 15 is 0 Å². The van der Waals surface area contributed by atoms with Gasteiger partial charge in [0.15, 0.2) is 11.5 Å². The van der Waals surface area contributed by atoms with Crippen molar-refractivity contribution in [2.45, 2.75) is 6.92 Å². The van der Waals surface area contributed by atoms with Gasteiger partial charge in [0.1, 0.15) is 0 Å². The van der Waals surface area contributed by atoms with Crippen molar-refractivity contribution in [1.29, 1.82) is 0 Å². The molecule has 0 aliphatic carbocycles. The van der Waals surface area contributed by atoms with Crippen molar-refractivity contribution in [2.75, 3.05) is 36.4 Å². The van der Waals surface area contributed by atoms with E-state index in [0.29, 0.717) is 11.3 Å². The lowest BCUT2D eigenvalue weighted by atomic mass is 10.2. The number of anilines is 3. The monoisotopic (exact) mass is 364 g/mol. The number of H-pyrrole nitrogens is 1. The summed E-state index contributed by atoms with van der Waals surface area (Å²) in [7, 11) is 0. The van der Waals surface area contributed by atoms with Crippen molar-refractivity contribution >= 4 is 33.6 Å². The molecule has 0 saturated carbocycles. The summed E-state index contributed by atoms with van der Waals surface area (Å²) in [6.45, 7) is 5.91. The smallest absolute Gasteiger partial charge is 0.173 e. The number of piperazine rings is 1. The average molecular weight is 364 g/mol. The Morgan fingerprint density at radius 1 is 1.15 bits per heavy atom. The van der Waals surface area contributed by atoms with Crippen LogP contribution in [0.3, 0.4) is 0 Å². The standard InChI is InChI=1S/C20H21FN6/c1-13-11-27-12-14(8-17(21)20(27)24-13)25-19-10-23-18-9-15(2-3-16(18)19)26-6-4-22-5-7-26/h2-3,8-12,22-23,25H,4-7H2,1H3. The Labute approximate surface area is 156 Å². The van der Waals surface area contributed by atoms with Gasteiger partial charge in [-0.2, -0.15) is 0 Å². The Hall–Kier alpha value is -3.06. The minimum absolute atomic E-state index is 0.339. The number of benzene rings is 1. The predicted molar refractivity (Wildman–Crippen MR) is 107 cm³/mol. The fourth-order valence-corrected chi connectivity index (χ4v) is 3.74. The molecule has 0 unspecified atom stereocenters. The van der Waals surface area contributed by atoms with Gasteiger partial charge in [-0.3, -0.25) is 0 Å². The molecule has 1 aliphatic heterocycles. The van der Waals surface area contributed by atoms with Crippen molar-refractivity contribution in [3.05, 3.63) is 54.4 Å². The van der Waals surface area contributed by atoms with Crippen LogP contribution in [0.25, 0.3) is 16.6 Å². The number of imidazole rings is 1. The van der Waals surface area contributed by atoms with Crippen LogP contribution in [-0.4, -0.2) is 40.5 Å². The first kappa shape index (κ1) is 16.1. The summed E-state index contributed by atoms with van der Waals surface area (Å²) >= 11 is 0. The maximum atomic E-state index is 14.3. The topological polar surface area (TPSA) is 60.4 Å². The van der Waals surface area contributed by atoms with Gasteiger partial charge in [0.05, 0.1) is 17.1 Å². The molecule has 5 rings (SSSR count). The van der Waals surface area contributed by atoms with Crippen molar-refractivity contribution in [2.24, 2.45) is 0 Å². The van der Waals surface area contributed by atoms with Crippen LogP contribution >= 0.6 is 0 Å². The molecular weight excluding hydrogens is 343 g/mol. The molecule has 0 amide bonds. The van der Waals surface area contributed by atoms with Gasteiger partial charge >= 0.3 is 0 Å². The predicted octanol–water partition coefficient (Wildman–Crippen LogP) is 3.42.